The zero-order valence-corrected chi connectivity index (χ0v) is 16.9. The number of thiophene rings is 1. The summed E-state index contributed by atoms with van der Waals surface area (Å²) in [6.45, 7) is 11.3. The van der Waals surface area contributed by atoms with E-state index in [-0.39, 0.29) is 12.1 Å². The van der Waals surface area contributed by atoms with Crippen molar-refractivity contribution in [2.24, 2.45) is 5.92 Å². The molecule has 2 heterocycles. The number of nitrogens with zero attached hydrogens (tertiary/aromatic N) is 1. The molecule has 0 aromatic carbocycles. The maximum absolute atomic E-state index is 12.2. The van der Waals surface area contributed by atoms with Crippen LogP contribution in [0.15, 0.2) is 5.38 Å². The SMILES string of the molecule is COC(=O)c1csc(C(C)C2CCN(C(=O)OC(C)(C)C)CC2)c1C. The van der Waals surface area contributed by atoms with E-state index < -0.39 is 5.60 Å². The molecule has 0 radical (unpaired) electrons. The first-order valence-electron chi connectivity index (χ1n) is 8.78. The molecule has 0 aliphatic carbocycles. The molecule has 5 nitrogen and oxygen atoms in total. The van der Waals surface area contributed by atoms with Crippen LogP contribution in [-0.4, -0.2) is 42.8 Å². The van der Waals surface area contributed by atoms with Gasteiger partial charge < -0.3 is 14.4 Å². The van der Waals surface area contributed by atoms with Gasteiger partial charge in [-0.15, -0.1) is 11.3 Å². The van der Waals surface area contributed by atoms with Crippen molar-refractivity contribution in [2.45, 2.75) is 59.0 Å². The van der Waals surface area contributed by atoms with E-state index in [1.165, 1.54) is 12.0 Å². The largest absolute Gasteiger partial charge is 0.465 e. The van der Waals surface area contributed by atoms with Gasteiger partial charge >= 0.3 is 12.1 Å². The Morgan fingerprint density at radius 3 is 2.40 bits per heavy atom. The molecule has 1 fully saturated rings. The molecule has 1 aliphatic heterocycles. The quantitative estimate of drug-likeness (QED) is 0.733. The fraction of sp³-hybridized carbons (Fsp3) is 0.684. The summed E-state index contributed by atoms with van der Waals surface area (Å²) in [5.41, 5.74) is 1.24. The van der Waals surface area contributed by atoms with Gasteiger partial charge in [-0.1, -0.05) is 6.92 Å². The van der Waals surface area contributed by atoms with E-state index in [0.29, 0.717) is 17.4 Å². The Bertz CT molecular complexity index is 624. The van der Waals surface area contributed by atoms with Crippen LogP contribution in [0.4, 0.5) is 4.79 Å². The number of esters is 1. The van der Waals surface area contributed by atoms with Crippen LogP contribution in [0.1, 0.15) is 67.3 Å². The van der Waals surface area contributed by atoms with Crippen LogP contribution in [0.25, 0.3) is 0 Å². The lowest BCUT2D eigenvalue weighted by Gasteiger charge is -2.35. The van der Waals surface area contributed by atoms with Gasteiger partial charge in [-0.25, -0.2) is 9.59 Å². The van der Waals surface area contributed by atoms with Crippen LogP contribution < -0.4 is 0 Å². The molecular weight excluding hydrogens is 338 g/mol. The standard InChI is InChI=1S/C19H29NO4S/c1-12(16-13(2)15(11-25-16)17(21)23-6)14-7-9-20(10-8-14)18(22)24-19(3,4)5/h11-12,14H,7-10H2,1-6H3. The minimum Gasteiger partial charge on any atom is -0.465 e. The van der Waals surface area contributed by atoms with E-state index in [4.69, 9.17) is 9.47 Å². The minimum atomic E-state index is -0.459. The second kappa shape index (κ2) is 7.77. The summed E-state index contributed by atoms with van der Waals surface area (Å²) in [6.07, 6.45) is 1.68. The number of amides is 1. The van der Waals surface area contributed by atoms with Crippen LogP contribution in [0.3, 0.4) is 0 Å². The maximum Gasteiger partial charge on any atom is 0.410 e. The number of ether oxygens (including phenoxy) is 2. The molecule has 1 aromatic rings. The molecule has 140 valence electrons. The molecule has 0 spiro atoms. The third kappa shape index (κ3) is 4.75. The van der Waals surface area contributed by atoms with Crippen LogP contribution in [0, 0.1) is 12.8 Å². The summed E-state index contributed by atoms with van der Waals surface area (Å²) in [6, 6.07) is 0. The van der Waals surface area contributed by atoms with Crippen molar-refractivity contribution in [2.75, 3.05) is 20.2 Å². The Labute approximate surface area is 154 Å². The lowest BCUT2D eigenvalue weighted by molar-refractivity contribution is 0.0176. The highest BCUT2D eigenvalue weighted by Gasteiger charge is 2.31. The third-order valence-electron chi connectivity index (χ3n) is 4.79. The second-order valence-electron chi connectivity index (χ2n) is 7.72. The van der Waals surface area contributed by atoms with E-state index >= 15 is 0 Å². The Morgan fingerprint density at radius 1 is 1.28 bits per heavy atom. The van der Waals surface area contributed by atoms with Gasteiger partial charge in [-0.3, -0.25) is 0 Å². The van der Waals surface area contributed by atoms with Gasteiger partial charge in [-0.05, 0) is 57.9 Å². The third-order valence-corrected chi connectivity index (χ3v) is 6.08. The van der Waals surface area contributed by atoms with E-state index in [1.54, 1.807) is 16.2 Å². The molecule has 1 aromatic heterocycles. The van der Waals surface area contributed by atoms with Gasteiger partial charge in [0.15, 0.2) is 0 Å². The van der Waals surface area contributed by atoms with Crippen molar-refractivity contribution in [3.63, 3.8) is 0 Å². The molecule has 1 atom stereocenters. The van der Waals surface area contributed by atoms with Crippen molar-refractivity contribution in [1.29, 1.82) is 0 Å². The van der Waals surface area contributed by atoms with Gasteiger partial charge in [0, 0.05) is 23.3 Å². The average Bonchev–Trinajstić information content (AvgIpc) is 2.93. The summed E-state index contributed by atoms with van der Waals surface area (Å²) < 4.78 is 10.3. The zero-order chi connectivity index (χ0) is 18.8. The molecule has 6 heteroatoms. The monoisotopic (exact) mass is 367 g/mol. The van der Waals surface area contributed by atoms with Gasteiger partial charge in [0.05, 0.1) is 12.7 Å². The fourth-order valence-electron chi connectivity index (χ4n) is 3.31. The van der Waals surface area contributed by atoms with E-state index in [1.807, 2.05) is 33.1 Å². The summed E-state index contributed by atoms with van der Waals surface area (Å²) in [4.78, 5) is 27.0. The maximum atomic E-state index is 12.2. The van der Waals surface area contributed by atoms with Crippen molar-refractivity contribution in [1.82, 2.24) is 4.90 Å². The lowest BCUT2D eigenvalue weighted by atomic mass is 9.83. The van der Waals surface area contributed by atoms with Gasteiger partial charge in [-0.2, -0.15) is 0 Å². The molecule has 0 bridgehead atoms. The first-order chi connectivity index (χ1) is 11.6. The van der Waals surface area contributed by atoms with E-state index in [9.17, 15) is 9.59 Å². The van der Waals surface area contributed by atoms with Gasteiger partial charge in [0.2, 0.25) is 0 Å². The molecule has 1 unspecified atom stereocenters. The normalized spacial score (nSPS) is 17.3. The number of hydrogen-bond acceptors (Lipinski definition) is 5. The Balaban J connectivity index is 1.98. The number of piperidine rings is 1. The van der Waals surface area contributed by atoms with Crippen molar-refractivity contribution in [3.05, 3.63) is 21.4 Å². The molecule has 1 amide bonds. The second-order valence-corrected chi connectivity index (χ2v) is 8.63. The molecule has 2 rings (SSSR count). The van der Waals surface area contributed by atoms with E-state index in [0.717, 1.165) is 31.5 Å². The van der Waals surface area contributed by atoms with E-state index in [2.05, 4.69) is 6.92 Å². The summed E-state index contributed by atoms with van der Waals surface area (Å²) in [5.74, 6) is 0.595. The summed E-state index contributed by atoms with van der Waals surface area (Å²) in [5, 5.41) is 1.89. The number of rotatable bonds is 3. The average molecular weight is 368 g/mol. The molecule has 1 saturated heterocycles. The Kier molecular flexibility index (Phi) is 6.14. The number of carbonyl (C=O) groups excluding carboxylic acids is 2. The summed E-state index contributed by atoms with van der Waals surface area (Å²) in [7, 11) is 1.41. The van der Waals surface area contributed by atoms with Crippen molar-refractivity contribution < 1.29 is 19.1 Å². The predicted octanol–water partition coefficient (Wildman–Crippen LogP) is 4.59. The molecule has 25 heavy (non-hydrogen) atoms. The summed E-state index contributed by atoms with van der Waals surface area (Å²) >= 11 is 1.63. The topological polar surface area (TPSA) is 55.8 Å². The van der Waals surface area contributed by atoms with Crippen LogP contribution in [-0.2, 0) is 9.47 Å². The highest BCUT2D eigenvalue weighted by Crippen LogP contribution is 2.38. The molecule has 0 saturated carbocycles. The number of hydrogen-bond donors (Lipinski definition) is 0. The van der Waals surface area contributed by atoms with Crippen LogP contribution in [0.2, 0.25) is 0 Å². The number of methoxy groups -OCH3 is 1. The highest BCUT2D eigenvalue weighted by atomic mass is 32.1. The van der Waals surface area contributed by atoms with Crippen LogP contribution >= 0.6 is 11.3 Å². The predicted molar refractivity (Wildman–Crippen MR) is 99.3 cm³/mol. The van der Waals surface area contributed by atoms with Crippen LogP contribution in [0.5, 0.6) is 0 Å². The molecular formula is C19H29NO4S. The molecule has 1 aliphatic rings. The lowest BCUT2D eigenvalue weighted by Crippen LogP contribution is -2.42. The number of carbonyl (C=O) groups is 2. The zero-order valence-electron chi connectivity index (χ0n) is 16.0. The van der Waals surface area contributed by atoms with Crippen molar-refractivity contribution >= 4 is 23.4 Å². The Morgan fingerprint density at radius 2 is 1.88 bits per heavy atom. The smallest absolute Gasteiger partial charge is 0.410 e. The molecule has 0 N–H and O–H groups in total. The van der Waals surface area contributed by atoms with Gasteiger partial charge in [0.25, 0.3) is 0 Å². The first kappa shape index (κ1) is 19.8. The van der Waals surface area contributed by atoms with Gasteiger partial charge in [0.1, 0.15) is 5.60 Å². The highest BCUT2D eigenvalue weighted by molar-refractivity contribution is 7.10. The fourth-order valence-corrected chi connectivity index (χ4v) is 4.53. The van der Waals surface area contributed by atoms with Crippen molar-refractivity contribution in [3.8, 4) is 0 Å². The minimum absolute atomic E-state index is 0.223. The first-order valence-corrected chi connectivity index (χ1v) is 9.66. The Hall–Kier alpha value is -1.56. The number of likely N-dealkylation sites (tertiary alicyclic amines) is 1.